The van der Waals surface area contributed by atoms with Crippen LogP contribution in [0.5, 0.6) is 0 Å². The summed E-state index contributed by atoms with van der Waals surface area (Å²) >= 11 is 0. The Kier molecular flexibility index (Phi) is 3.47. The highest BCUT2D eigenvalue weighted by molar-refractivity contribution is 5.88. The van der Waals surface area contributed by atoms with Crippen LogP contribution in [0.1, 0.15) is 16.2 Å². The maximum absolute atomic E-state index is 12.0. The van der Waals surface area contributed by atoms with E-state index in [-0.39, 0.29) is 12.3 Å². The first-order valence-corrected chi connectivity index (χ1v) is 7.05. The first-order valence-electron chi connectivity index (χ1n) is 7.05. The minimum Gasteiger partial charge on any atom is -0.463 e. The first kappa shape index (κ1) is 14.1. The van der Waals surface area contributed by atoms with E-state index in [2.05, 4.69) is 15.4 Å². The Morgan fingerprint density at radius 3 is 2.62 bits per heavy atom. The minimum atomic E-state index is -0.553. The highest BCUT2D eigenvalue weighted by atomic mass is 16.5. The van der Waals surface area contributed by atoms with E-state index in [0.29, 0.717) is 28.7 Å². The number of hydrogen-bond donors (Lipinski definition) is 1. The van der Waals surface area contributed by atoms with E-state index < -0.39 is 5.97 Å². The van der Waals surface area contributed by atoms with Gasteiger partial charge in [0.25, 0.3) is 0 Å². The molecule has 0 aliphatic rings. The Hall–Kier alpha value is -3.55. The summed E-state index contributed by atoms with van der Waals surface area (Å²) in [6.45, 7) is -0.0296. The van der Waals surface area contributed by atoms with E-state index >= 15 is 0 Å². The molecule has 4 rings (SSSR count). The average Bonchev–Trinajstić information content (AvgIpc) is 3.40. The van der Waals surface area contributed by atoms with Crippen LogP contribution in [-0.2, 0) is 11.3 Å². The number of aromatic amines is 1. The maximum Gasteiger partial charge on any atom is 0.356 e. The van der Waals surface area contributed by atoms with Crippen molar-refractivity contribution in [3.63, 3.8) is 0 Å². The van der Waals surface area contributed by atoms with E-state index in [4.69, 9.17) is 18.1 Å². The van der Waals surface area contributed by atoms with Crippen LogP contribution in [0, 0.1) is 0 Å². The van der Waals surface area contributed by atoms with Crippen LogP contribution in [0.4, 0.5) is 0 Å². The highest BCUT2D eigenvalue weighted by Crippen LogP contribution is 2.21. The molecule has 0 bridgehead atoms. The molecule has 0 unspecified atom stereocenters. The monoisotopic (exact) mass is 325 g/mol. The predicted molar refractivity (Wildman–Crippen MR) is 79.6 cm³/mol. The van der Waals surface area contributed by atoms with Gasteiger partial charge in [0.05, 0.1) is 12.5 Å². The predicted octanol–water partition coefficient (Wildman–Crippen LogP) is 3.27. The molecule has 8 heteroatoms. The van der Waals surface area contributed by atoms with Crippen LogP contribution in [0.25, 0.3) is 23.0 Å². The fraction of sp³-hybridized carbons (Fsp3) is 0.0625. The summed E-state index contributed by atoms with van der Waals surface area (Å²) in [7, 11) is 0. The van der Waals surface area contributed by atoms with Gasteiger partial charge in [-0.3, -0.25) is 5.10 Å². The van der Waals surface area contributed by atoms with Crippen molar-refractivity contribution in [2.24, 2.45) is 0 Å². The molecule has 0 aliphatic heterocycles. The van der Waals surface area contributed by atoms with Crippen LogP contribution >= 0.6 is 0 Å². The summed E-state index contributed by atoms with van der Waals surface area (Å²) in [5.41, 5.74) is 1.21. The van der Waals surface area contributed by atoms with Crippen LogP contribution in [0.3, 0.4) is 0 Å². The average molecular weight is 325 g/mol. The Labute approximate surface area is 135 Å². The molecule has 0 atom stereocenters. The number of rotatable bonds is 5. The summed E-state index contributed by atoms with van der Waals surface area (Å²) in [4.78, 5) is 12.0. The van der Waals surface area contributed by atoms with Crippen molar-refractivity contribution in [2.45, 2.75) is 6.61 Å². The van der Waals surface area contributed by atoms with Gasteiger partial charge in [-0.2, -0.15) is 5.10 Å². The summed E-state index contributed by atoms with van der Waals surface area (Å²) in [5.74, 6) is 1.03. The van der Waals surface area contributed by atoms with Gasteiger partial charge in [-0.05, 0) is 24.3 Å². The summed E-state index contributed by atoms with van der Waals surface area (Å²) in [6.07, 6.45) is 3.07. The van der Waals surface area contributed by atoms with Crippen LogP contribution in [0.2, 0.25) is 0 Å². The van der Waals surface area contributed by atoms with Gasteiger partial charge in [-0.1, -0.05) is 5.16 Å². The van der Waals surface area contributed by atoms with Crippen LogP contribution < -0.4 is 0 Å². The Morgan fingerprint density at radius 2 is 1.88 bits per heavy atom. The topological polar surface area (TPSA) is 107 Å². The summed E-state index contributed by atoms with van der Waals surface area (Å²) < 4.78 is 20.7. The lowest BCUT2D eigenvalue weighted by Gasteiger charge is -1.98. The number of H-pyrrole nitrogens is 1. The smallest absolute Gasteiger partial charge is 0.356 e. The lowest BCUT2D eigenvalue weighted by atomic mass is 10.3. The molecule has 0 spiro atoms. The minimum absolute atomic E-state index is 0.0296. The van der Waals surface area contributed by atoms with Gasteiger partial charge >= 0.3 is 5.97 Å². The van der Waals surface area contributed by atoms with Gasteiger partial charge in [0, 0.05) is 12.1 Å². The second kappa shape index (κ2) is 5.92. The van der Waals surface area contributed by atoms with Crippen molar-refractivity contribution in [3.05, 3.63) is 60.3 Å². The quantitative estimate of drug-likeness (QED) is 0.561. The largest absolute Gasteiger partial charge is 0.463 e. The summed E-state index contributed by atoms with van der Waals surface area (Å²) in [6, 6.07) is 10.2. The molecule has 4 aromatic rings. The maximum atomic E-state index is 12.0. The fourth-order valence-electron chi connectivity index (χ4n) is 2.11. The standard InChI is InChI=1S/C16H11N3O5/c20-16(12-8-11(17-18-12)13-3-1-5-21-13)23-9-10-7-15(24-19-10)14-4-2-6-22-14/h1-8H,9H2,(H,17,18). The second-order valence-electron chi connectivity index (χ2n) is 4.88. The van der Waals surface area contributed by atoms with Gasteiger partial charge in [0.15, 0.2) is 11.5 Å². The molecule has 0 saturated carbocycles. The zero-order valence-corrected chi connectivity index (χ0v) is 12.3. The number of hydrogen-bond acceptors (Lipinski definition) is 7. The molecule has 0 radical (unpaired) electrons. The van der Waals surface area contributed by atoms with Crippen molar-refractivity contribution >= 4 is 5.97 Å². The van der Waals surface area contributed by atoms with Crippen molar-refractivity contribution in [1.29, 1.82) is 0 Å². The lowest BCUT2D eigenvalue weighted by molar-refractivity contribution is 0.0457. The molecule has 0 fully saturated rings. The molecule has 0 aliphatic carbocycles. The number of nitrogens with zero attached hydrogens (tertiary/aromatic N) is 2. The van der Waals surface area contributed by atoms with Crippen LogP contribution in [0.15, 0.2) is 62.3 Å². The van der Waals surface area contributed by atoms with Gasteiger partial charge < -0.3 is 18.1 Å². The van der Waals surface area contributed by atoms with Gasteiger partial charge in [0.2, 0.25) is 5.76 Å². The Balaban J connectivity index is 1.40. The molecule has 24 heavy (non-hydrogen) atoms. The molecule has 0 amide bonds. The molecule has 4 heterocycles. The molecular weight excluding hydrogens is 314 g/mol. The van der Waals surface area contributed by atoms with E-state index in [0.717, 1.165) is 0 Å². The Bertz CT molecular complexity index is 934. The Morgan fingerprint density at radius 1 is 1.08 bits per heavy atom. The number of furan rings is 2. The van der Waals surface area contributed by atoms with Crippen molar-refractivity contribution in [2.75, 3.05) is 0 Å². The summed E-state index contributed by atoms with van der Waals surface area (Å²) in [5, 5.41) is 10.5. The van der Waals surface area contributed by atoms with Gasteiger partial charge in [-0.15, -0.1) is 0 Å². The molecule has 0 saturated heterocycles. The highest BCUT2D eigenvalue weighted by Gasteiger charge is 2.15. The molecule has 8 nitrogen and oxygen atoms in total. The number of aromatic nitrogens is 3. The zero-order valence-electron chi connectivity index (χ0n) is 12.3. The number of nitrogens with one attached hydrogen (secondary N) is 1. The number of carbonyl (C=O) groups excluding carboxylic acids is 1. The lowest BCUT2D eigenvalue weighted by Crippen LogP contribution is -2.05. The molecule has 0 aromatic carbocycles. The third-order valence-corrected chi connectivity index (χ3v) is 3.25. The molecule has 1 N–H and O–H groups in total. The van der Waals surface area contributed by atoms with Crippen LogP contribution in [-0.4, -0.2) is 21.3 Å². The SMILES string of the molecule is O=C(OCc1cc(-c2ccco2)on1)c1cc(-c2ccco2)n[nH]1. The second-order valence-corrected chi connectivity index (χ2v) is 4.88. The molecule has 4 aromatic heterocycles. The third kappa shape index (κ3) is 2.72. The number of carbonyl (C=O) groups is 1. The van der Waals surface area contributed by atoms with Crippen molar-refractivity contribution in [1.82, 2.24) is 15.4 Å². The van der Waals surface area contributed by atoms with E-state index in [1.165, 1.54) is 12.5 Å². The van der Waals surface area contributed by atoms with Crippen molar-refractivity contribution in [3.8, 4) is 23.0 Å². The number of esters is 1. The fourth-order valence-corrected chi connectivity index (χ4v) is 2.11. The third-order valence-electron chi connectivity index (χ3n) is 3.25. The normalized spacial score (nSPS) is 10.8. The van der Waals surface area contributed by atoms with E-state index in [1.807, 2.05) is 0 Å². The zero-order chi connectivity index (χ0) is 16.4. The van der Waals surface area contributed by atoms with E-state index in [9.17, 15) is 4.79 Å². The number of ether oxygens (including phenoxy) is 1. The van der Waals surface area contributed by atoms with E-state index in [1.54, 1.807) is 36.4 Å². The van der Waals surface area contributed by atoms with Gasteiger partial charge in [0.1, 0.15) is 23.7 Å². The first-order chi connectivity index (χ1) is 11.8. The van der Waals surface area contributed by atoms with Crippen molar-refractivity contribution < 1.29 is 22.9 Å². The van der Waals surface area contributed by atoms with Gasteiger partial charge in [-0.25, -0.2) is 4.79 Å². The molecular formula is C16H11N3O5. The molecule has 120 valence electrons.